The lowest BCUT2D eigenvalue weighted by atomic mass is 10.1. The van der Waals surface area contributed by atoms with Crippen LogP contribution < -0.4 is 5.32 Å². The van der Waals surface area contributed by atoms with Crippen molar-refractivity contribution in [3.05, 3.63) is 0 Å². The highest BCUT2D eigenvalue weighted by molar-refractivity contribution is 7.98. The molecule has 5 heteroatoms. The average molecular weight is 253 g/mol. The molecular formula is C10H21ClN2OS. The van der Waals surface area contributed by atoms with Gasteiger partial charge in [-0.1, -0.05) is 0 Å². The summed E-state index contributed by atoms with van der Waals surface area (Å²) < 4.78 is 0. The van der Waals surface area contributed by atoms with E-state index in [-0.39, 0.29) is 12.4 Å². The van der Waals surface area contributed by atoms with Crippen LogP contribution in [0.25, 0.3) is 0 Å². The minimum absolute atomic E-state index is 0. The Hall–Kier alpha value is 0.0700. The molecule has 1 N–H and O–H groups in total. The predicted molar refractivity (Wildman–Crippen MR) is 68.9 cm³/mol. The van der Waals surface area contributed by atoms with Gasteiger partial charge in [0, 0.05) is 25.3 Å². The van der Waals surface area contributed by atoms with Crippen LogP contribution >= 0.6 is 24.2 Å². The van der Waals surface area contributed by atoms with Crippen LogP contribution in [0, 0.1) is 5.92 Å². The Morgan fingerprint density at radius 3 is 2.93 bits per heavy atom. The Kier molecular flexibility index (Phi) is 8.29. The van der Waals surface area contributed by atoms with Crippen molar-refractivity contribution in [1.29, 1.82) is 0 Å². The Bertz CT molecular complexity index is 192. The van der Waals surface area contributed by atoms with E-state index in [9.17, 15) is 4.79 Å². The quantitative estimate of drug-likeness (QED) is 0.799. The summed E-state index contributed by atoms with van der Waals surface area (Å²) in [6.07, 6.45) is 3.90. The van der Waals surface area contributed by atoms with Crippen LogP contribution in [0.1, 0.15) is 12.8 Å². The summed E-state index contributed by atoms with van der Waals surface area (Å²) in [6, 6.07) is 0. The summed E-state index contributed by atoms with van der Waals surface area (Å²) in [6.45, 7) is 2.94. The molecule has 1 atom stereocenters. The van der Waals surface area contributed by atoms with Crippen molar-refractivity contribution in [2.24, 2.45) is 5.92 Å². The number of halogens is 1. The lowest BCUT2D eigenvalue weighted by Gasteiger charge is -2.16. The molecule has 1 saturated heterocycles. The number of carbonyl (C=O) groups is 1. The van der Waals surface area contributed by atoms with Crippen LogP contribution in [0.3, 0.4) is 0 Å². The monoisotopic (exact) mass is 252 g/mol. The third-order valence-corrected chi connectivity index (χ3v) is 3.26. The van der Waals surface area contributed by atoms with Crippen LogP contribution in [0.15, 0.2) is 0 Å². The Balaban J connectivity index is 0.00000196. The van der Waals surface area contributed by atoms with E-state index in [1.54, 1.807) is 11.8 Å². The first-order chi connectivity index (χ1) is 6.77. The molecule has 1 rings (SSSR count). The highest BCUT2D eigenvalue weighted by atomic mass is 35.5. The number of likely N-dealkylation sites (tertiary alicyclic amines) is 1. The van der Waals surface area contributed by atoms with Crippen molar-refractivity contribution >= 4 is 30.1 Å². The van der Waals surface area contributed by atoms with Crippen LogP contribution in [0.5, 0.6) is 0 Å². The fraction of sp³-hybridized carbons (Fsp3) is 0.900. The van der Waals surface area contributed by atoms with E-state index in [0.717, 1.165) is 31.8 Å². The van der Waals surface area contributed by atoms with Crippen molar-refractivity contribution < 1.29 is 4.79 Å². The van der Waals surface area contributed by atoms with Crippen LogP contribution in [0.4, 0.5) is 0 Å². The molecule has 0 spiro atoms. The Morgan fingerprint density at radius 1 is 1.60 bits per heavy atom. The largest absolute Gasteiger partial charge is 0.342 e. The maximum Gasteiger partial charge on any atom is 0.223 e. The van der Waals surface area contributed by atoms with Gasteiger partial charge >= 0.3 is 0 Å². The minimum atomic E-state index is 0. The van der Waals surface area contributed by atoms with Gasteiger partial charge in [0.2, 0.25) is 5.91 Å². The van der Waals surface area contributed by atoms with E-state index in [0.29, 0.717) is 18.2 Å². The molecule has 90 valence electrons. The lowest BCUT2D eigenvalue weighted by molar-refractivity contribution is -0.129. The molecule has 15 heavy (non-hydrogen) atoms. The van der Waals surface area contributed by atoms with E-state index in [4.69, 9.17) is 0 Å². The molecule has 1 amide bonds. The molecule has 1 heterocycles. The van der Waals surface area contributed by atoms with E-state index >= 15 is 0 Å². The summed E-state index contributed by atoms with van der Waals surface area (Å²) in [5, 5.41) is 3.17. The first-order valence-electron chi connectivity index (χ1n) is 5.19. The van der Waals surface area contributed by atoms with Gasteiger partial charge in [-0.3, -0.25) is 4.79 Å². The zero-order valence-corrected chi connectivity index (χ0v) is 11.1. The molecule has 0 aliphatic carbocycles. The molecule has 0 radical (unpaired) electrons. The Labute approximate surface area is 103 Å². The van der Waals surface area contributed by atoms with Crippen molar-refractivity contribution in [2.75, 3.05) is 38.7 Å². The van der Waals surface area contributed by atoms with Gasteiger partial charge in [-0.05, 0) is 32.2 Å². The Morgan fingerprint density at radius 2 is 2.33 bits per heavy atom. The molecule has 1 aliphatic rings. The number of amides is 1. The molecular weight excluding hydrogens is 232 g/mol. The van der Waals surface area contributed by atoms with Gasteiger partial charge in [-0.15, -0.1) is 12.4 Å². The third kappa shape index (κ3) is 5.09. The molecule has 3 nitrogen and oxygen atoms in total. The molecule has 1 fully saturated rings. The van der Waals surface area contributed by atoms with Gasteiger partial charge in [-0.25, -0.2) is 0 Å². The summed E-state index contributed by atoms with van der Waals surface area (Å²) in [5.74, 6) is 1.95. The second-order valence-corrected chi connectivity index (χ2v) is 4.78. The number of rotatable bonds is 5. The molecule has 0 aromatic carbocycles. The van der Waals surface area contributed by atoms with Crippen LogP contribution in [-0.4, -0.2) is 49.5 Å². The van der Waals surface area contributed by atoms with Crippen molar-refractivity contribution in [1.82, 2.24) is 10.2 Å². The fourth-order valence-electron chi connectivity index (χ4n) is 1.86. The molecule has 0 aromatic heterocycles. The maximum absolute atomic E-state index is 11.6. The number of nitrogens with one attached hydrogen (secondary N) is 1. The second kappa shape index (κ2) is 8.25. The molecule has 0 saturated carbocycles. The van der Waals surface area contributed by atoms with Crippen molar-refractivity contribution in [3.63, 3.8) is 0 Å². The van der Waals surface area contributed by atoms with Gasteiger partial charge in [0.05, 0.1) is 0 Å². The fourth-order valence-corrected chi connectivity index (χ4v) is 2.24. The van der Waals surface area contributed by atoms with Gasteiger partial charge in [0.25, 0.3) is 0 Å². The second-order valence-electron chi connectivity index (χ2n) is 3.79. The normalized spacial score (nSPS) is 20.1. The maximum atomic E-state index is 11.6. The number of hydrogen-bond acceptors (Lipinski definition) is 3. The van der Waals surface area contributed by atoms with E-state index in [1.165, 1.54) is 0 Å². The molecule has 1 aliphatic heterocycles. The zero-order chi connectivity index (χ0) is 10.4. The summed E-state index contributed by atoms with van der Waals surface area (Å²) in [5.41, 5.74) is 0. The minimum Gasteiger partial charge on any atom is -0.342 e. The van der Waals surface area contributed by atoms with Crippen molar-refractivity contribution in [3.8, 4) is 0 Å². The number of hydrogen-bond donors (Lipinski definition) is 1. The number of thioether (sulfide) groups is 1. The van der Waals surface area contributed by atoms with Gasteiger partial charge < -0.3 is 10.2 Å². The number of carbonyl (C=O) groups excluding carboxylic acids is 1. The third-order valence-electron chi connectivity index (χ3n) is 2.65. The zero-order valence-electron chi connectivity index (χ0n) is 9.49. The van der Waals surface area contributed by atoms with E-state index < -0.39 is 0 Å². The summed E-state index contributed by atoms with van der Waals surface area (Å²) >= 11 is 1.74. The van der Waals surface area contributed by atoms with Crippen LogP contribution in [-0.2, 0) is 4.79 Å². The molecule has 0 bridgehead atoms. The van der Waals surface area contributed by atoms with Gasteiger partial charge in [0.1, 0.15) is 0 Å². The first kappa shape index (κ1) is 15.1. The SMILES string of the molecule is CNCC1CCN(C(=O)CCSC)C1.Cl. The first-order valence-corrected chi connectivity index (χ1v) is 6.58. The number of nitrogens with zero attached hydrogens (tertiary/aromatic N) is 1. The highest BCUT2D eigenvalue weighted by Gasteiger charge is 2.24. The van der Waals surface area contributed by atoms with Gasteiger partial charge in [-0.2, -0.15) is 11.8 Å². The van der Waals surface area contributed by atoms with E-state index in [2.05, 4.69) is 5.32 Å². The topological polar surface area (TPSA) is 32.3 Å². The standard InChI is InChI=1S/C10H20N2OS.ClH/c1-11-7-9-3-5-12(8-9)10(13)4-6-14-2;/h9,11H,3-8H2,1-2H3;1H. The highest BCUT2D eigenvalue weighted by Crippen LogP contribution is 2.16. The van der Waals surface area contributed by atoms with Crippen molar-refractivity contribution in [2.45, 2.75) is 12.8 Å². The molecule has 0 aromatic rings. The van der Waals surface area contributed by atoms with Gasteiger partial charge in [0.15, 0.2) is 0 Å². The predicted octanol–water partition coefficient (Wildman–Crippen LogP) is 1.23. The van der Waals surface area contributed by atoms with Crippen LogP contribution in [0.2, 0.25) is 0 Å². The molecule has 1 unspecified atom stereocenters. The average Bonchev–Trinajstić information content (AvgIpc) is 2.63. The lowest BCUT2D eigenvalue weighted by Crippen LogP contribution is -2.30. The smallest absolute Gasteiger partial charge is 0.223 e. The summed E-state index contributed by atoms with van der Waals surface area (Å²) in [7, 11) is 1.97. The van der Waals surface area contributed by atoms with E-state index in [1.807, 2.05) is 18.2 Å². The summed E-state index contributed by atoms with van der Waals surface area (Å²) in [4.78, 5) is 13.7.